The van der Waals surface area contributed by atoms with Gasteiger partial charge < -0.3 is 14.4 Å². The number of pyridine rings is 1. The number of hydrogen-bond acceptors (Lipinski definition) is 5. The molecule has 5 rings (SSSR count). The largest absolute Gasteiger partial charge is 0.351 e. The molecule has 29 heavy (non-hydrogen) atoms. The van der Waals surface area contributed by atoms with Crippen LogP contribution in [0.5, 0.6) is 0 Å². The molecule has 0 saturated carbocycles. The van der Waals surface area contributed by atoms with Gasteiger partial charge in [-0.05, 0) is 30.7 Å². The molecular weight excluding hydrogens is 364 g/mol. The first-order valence-electron chi connectivity index (χ1n) is 9.98. The lowest BCUT2D eigenvalue weighted by Crippen LogP contribution is -2.38. The normalized spacial score (nSPS) is 21.0. The van der Waals surface area contributed by atoms with Crippen molar-refractivity contribution >= 4 is 22.8 Å². The summed E-state index contributed by atoms with van der Waals surface area (Å²) in [5.74, 6) is 1.99. The van der Waals surface area contributed by atoms with E-state index in [1.165, 1.54) is 0 Å². The van der Waals surface area contributed by atoms with Gasteiger partial charge in [0, 0.05) is 39.2 Å². The molecule has 0 aliphatic carbocycles. The predicted octanol–water partition coefficient (Wildman–Crippen LogP) is 2.26. The number of amides is 1. The Morgan fingerprint density at radius 3 is 2.93 bits per heavy atom. The van der Waals surface area contributed by atoms with E-state index in [4.69, 9.17) is 10.2 Å². The Kier molecular flexibility index (Phi) is 4.20. The molecule has 0 unspecified atom stereocenters. The van der Waals surface area contributed by atoms with E-state index in [9.17, 15) is 4.79 Å². The summed E-state index contributed by atoms with van der Waals surface area (Å²) >= 11 is 0. The van der Waals surface area contributed by atoms with Crippen molar-refractivity contribution in [2.45, 2.75) is 31.3 Å². The number of nitrogens with zero attached hydrogens (tertiary/aromatic N) is 6. The molecule has 2 saturated heterocycles. The maximum absolute atomic E-state index is 12.8. The summed E-state index contributed by atoms with van der Waals surface area (Å²) in [6, 6.07) is 14.1. The van der Waals surface area contributed by atoms with Crippen LogP contribution in [0.2, 0.25) is 0 Å². The van der Waals surface area contributed by atoms with Crippen molar-refractivity contribution in [3.05, 3.63) is 54.0 Å². The van der Waals surface area contributed by atoms with Crippen LogP contribution >= 0.6 is 0 Å². The van der Waals surface area contributed by atoms with E-state index in [2.05, 4.69) is 26.6 Å². The number of para-hydroxylation sites is 2. The number of anilines is 1. The fraction of sp³-hybridized carbons (Fsp3) is 0.364. The molecule has 7 heteroatoms. The second-order valence-corrected chi connectivity index (χ2v) is 7.75. The van der Waals surface area contributed by atoms with Crippen molar-refractivity contribution in [1.82, 2.24) is 19.4 Å². The highest BCUT2D eigenvalue weighted by atomic mass is 16.2. The first kappa shape index (κ1) is 17.7. The summed E-state index contributed by atoms with van der Waals surface area (Å²) in [7, 11) is 2.03. The Morgan fingerprint density at radius 2 is 2.10 bits per heavy atom. The zero-order valence-corrected chi connectivity index (χ0v) is 16.3. The van der Waals surface area contributed by atoms with Crippen LogP contribution in [-0.2, 0) is 18.3 Å². The molecule has 0 radical (unpaired) electrons. The molecule has 2 aliphatic heterocycles. The number of hydrogen-bond donors (Lipinski definition) is 0. The maximum atomic E-state index is 12.8. The molecule has 0 spiro atoms. The van der Waals surface area contributed by atoms with E-state index < -0.39 is 0 Å². The summed E-state index contributed by atoms with van der Waals surface area (Å²) in [6.45, 7) is 1.53. The Morgan fingerprint density at radius 1 is 1.24 bits per heavy atom. The van der Waals surface area contributed by atoms with E-state index in [0.717, 1.165) is 42.1 Å². The average Bonchev–Trinajstić information content (AvgIpc) is 3.39. The molecule has 0 N–H and O–H groups in total. The van der Waals surface area contributed by atoms with E-state index in [-0.39, 0.29) is 18.0 Å². The number of fused-ring (bicyclic) bond motifs is 2. The summed E-state index contributed by atoms with van der Waals surface area (Å²) in [5.41, 5.74) is 2.70. The van der Waals surface area contributed by atoms with Crippen molar-refractivity contribution in [3.63, 3.8) is 0 Å². The van der Waals surface area contributed by atoms with Crippen LogP contribution in [0.4, 0.5) is 5.82 Å². The SMILES string of the molecule is Cn1c(CCN2C(=O)C[C@H]3[C@@H]2CCN3c2cc(C#N)ccn2)nc2ccccc21. The number of likely N-dealkylation sites (tertiary alicyclic amines) is 1. The van der Waals surface area contributed by atoms with Gasteiger partial charge in [0.25, 0.3) is 0 Å². The second-order valence-electron chi connectivity index (χ2n) is 7.75. The molecule has 2 fully saturated rings. The molecular formula is C22H22N6O. The monoisotopic (exact) mass is 386 g/mol. The van der Waals surface area contributed by atoms with E-state index in [1.54, 1.807) is 12.3 Å². The van der Waals surface area contributed by atoms with Crippen LogP contribution < -0.4 is 4.90 Å². The van der Waals surface area contributed by atoms with Crippen molar-refractivity contribution in [2.75, 3.05) is 18.0 Å². The van der Waals surface area contributed by atoms with Crippen LogP contribution in [0, 0.1) is 11.3 Å². The third-order valence-electron chi connectivity index (χ3n) is 6.24. The molecule has 146 valence electrons. The van der Waals surface area contributed by atoms with Gasteiger partial charge in [-0.15, -0.1) is 0 Å². The lowest BCUT2D eigenvalue weighted by molar-refractivity contribution is -0.129. The number of carbonyl (C=O) groups excluding carboxylic acids is 1. The number of rotatable bonds is 4. The van der Waals surface area contributed by atoms with E-state index >= 15 is 0 Å². The number of nitriles is 1. The first-order valence-corrected chi connectivity index (χ1v) is 9.98. The standard InChI is InChI=1S/C22H22N6O/c1-26-17-5-3-2-4-16(17)25-20(26)8-11-28-18-7-10-27(19(18)13-22(28)29)21-12-15(14-23)6-9-24-21/h2-6,9,12,18-19H,7-8,10-11,13H2,1H3/t18-,19-/m0/s1. The van der Waals surface area contributed by atoms with Crippen molar-refractivity contribution in [1.29, 1.82) is 5.26 Å². The quantitative estimate of drug-likeness (QED) is 0.687. The fourth-order valence-electron chi connectivity index (χ4n) is 4.79. The van der Waals surface area contributed by atoms with Crippen LogP contribution in [-0.4, -0.2) is 50.5 Å². The number of benzene rings is 1. The number of aryl methyl sites for hydroxylation is 1. The first-order chi connectivity index (χ1) is 14.2. The zero-order chi connectivity index (χ0) is 20.0. The van der Waals surface area contributed by atoms with Crippen molar-refractivity contribution in [2.24, 2.45) is 7.05 Å². The molecule has 1 aromatic carbocycles. The molecule has 0 bridgehead atoms. The lowest BCUT2D eigenvalue weighted by atomic mass is 10.1. The van der Waals surface area contributed by atoms with Crippen molar-refractivity contribution < 1.29 is 4.79 Å². The van der Waals surface area contributed by atoms with Crippen LogP contribution in [0.3, 0.4) is 0 Å². The smallest absolute Gasteiger partial charge is 0.225 e. The predicted molar refractivity (Wildman–Crippen MR) is 109 cm³/mol. The Balaban J connectivity index is 1.33. The summed E-state index contributed by atoms with van der Waals surface area (Å²) in [4.78, 5) is 26.2. The van der Waals surface area contributed by atoms with Crippen LogP contribution in [0.25, 0.3) is 11.0 Å². The van der Waals surface area contributed by atoms with Crippen LogP contribution in [0.15, 0.2) is 42.6 Å². The van der Waals surface area contributed by atoms with Gasteiger partial charge in [-0.1, -0.05) is 12.1 Å². The third kappa shape index (κ3) is 2.92. The summed E-state index contributed by atoms with van der Waals surface area (Å²) in [5, 5.41) is 9.16. The highest BCUT2D eigenvalue weighted by Crippen LogP contribution is 2.35. The summed E-state index contributed by atoms with van der Waals surface area (Å²) in [6.07, 6.45) is 3.84. The summed E-state index contributed by atoms with van der Waals surface area (Å²) < 4.78 is 2.12. The second kappa shape index (κ2) is 6.89. The van der Waals surface area contributed by atoms with Gasteiger partial charge in [-0.2, -0.15) is 5.26 Å². The van der Waals surface area contributed by atoms with E-state index in [1.807, 2.05) is 36.2 Å². The fourth-order valence-corrected chi connectivity index (χ4v) is 4.79. The minimum Gasteiger partial charge on any atom is -0.351 e. The molecule has 4 heterocycles. The minimum atomic E-state index is 0.129. The number of imidazole rings is 1. The molecule has 2 atom stereocenters. The number of carbonyl (C=O) groups is 1. The number of aromatic nitrogens is 3. The van der Waals surface area contributed by atoms with Gasteiger partial charge >= 0.3 is 0 Å². The molecule has 2 aromatic heterocycles. The van der Waals surface area contributed by atoms with Gasteiger partial charge in [0.05, 0.1) is 34.7 Å². The highest BCUT2D eigenvalue weighted by molar-refractivity contribution is 5.81. The van der Waals surface area contributed by atoms with Gasteiger partial charge in [0.15, 0.2) is 0 Å². The van der Waals surface area contributed by atoms with Crippen molar-refractivity contribution in [3.8, 4) is 6.07 Å². The Bertz CT molecular complexity index is 1130. The minimum absolute atomic E-state index is 0.129. The zero-order valence-electron chi connectivity index (χ0n) is 16.3. The topological polar surface area (TPSA) is 78.0 Å². The van der Waals surface area contributed by atoms with Gasteiger partial charge in [-0.3, -0.25) is 4.79 Å². The van der Waals surface area contributed by atoms with Gasteiger partial charge in [-0.25, -0.2) is 9.97 Å². The molecule has 2 aliphatic rings. The Labute approximate surface area is 169 Å². The van der Waals surface area contributed by atoms with E-state index in [0.29, 0.717) is 18.5 Å². The highest BCUT2D eigenvalue weighted by Gasteiger charge is 2.46. The maximum Gasteiger partial charge on any atom is 0.225 e. The van der Waals surface area contributed by atoms with Gasteiger partial charge in [0.1, 0.15) is 11.6 Å². The average molecular weight is 386 g/mol. The lowest BCUT2D eigenvalue weighted by Gasteiger charge is -2.26. The molecule has 3 aromatic rings. The van der Waals surface area contributed by atoms with Crippen LogP contribution in [0.1, 0.15) is 24.2 Å². The Hall–Kier alpha value is -3.40. The molecule has 7 nitrogen and oxygen atoms in total. The molecule has 1 amide bonds. The van der Waals surface area contributed by atoms with Gasteiger partial charge in [0.2, 0.25) is 5.91 Å². The third-order valence-corrected chi connectivity index (χ3v) is 6.24.